The molecule has 23 heavy (non-hydrogen) atoms. The lowest BCUT2D eigenvalue weighted by Gasteiger charge is -1.98. The normalized spacial score (nSPS) is 14.8. The van der Waals surface area contributed by atoms with Gasteiger partial charge < -0.3 is 10.1 Å². The summed E-state index contributed by atoms with van der Waals surface area (Å²) in [6.07, 6.45) is 1.52. The summed E-state index contributed by atoms with van der Waals surface area (Å²) in [5.74, 6) is -0.669. The fourth-order valence-electron chi connectivity index (χ4n) is 2.18. The Bertz CT molecular complexity index is 823. The van der Waals surface area contributed by atoms with Crippen LogP contribution in [-0.4, -0.2) is 30.9 Å². The van der Waals surface area contributed by atoms with Gasteiger partial charge in [-0.3, -0.25) is 4.79 Å². The maximum absolute atomic E-state index is 11.9. The molecule has 0 fully saturated rings. The van der Waals surface area contributed by atoms with Gasteiger partial charge in [0.1, 0.15) is 0 Å². The molecule has 1 amide bonds. The number of nitrogens with one attached hydrogen (secondary N) is 1. The summed E-state index contributed by atoms with van der Waals surface area (Å²) in [5, 5.41) is 10.7. The molecule has 0 saturated carbocycles. The minimum atomic E-state index is -0.395. The number of fused-ring (bicyclic) bond motifs is 1. The van der Waals surface area contributed by atoms with Crippen molar-refractivity contribution in [3.63, 3.8) is 0 Å². The van der Waals surface area contributed by atoms with Crippen molar-refractivity contribution >= 4 is 29.5 Å². The number of carbonyl (C=O) groups excluding carboxylic acids is 2. The van der Waals surface area contributed by atoms with E-state index < -0.39 is 5.97 Å². The molecule has 1 aliphatic heterocycles. The van der Waals surface area contributed by atoms with Gasteiger partial charge in [-0.15, -0.1) is 5.10 Å². The van der Waals surface area contributed by atoms with Gasteiger partial charge in [0.2, 0.25) is 0 Å². The van der Waals surface area contributed by atoms with E-state index in [2.05, 4.69) is 20.3 Å². The second-order valence-electron chi connectivity index (χ2n) is 4.81. The van der Waals surface area contributed by atoms with Crippen LogP contribution in [0.1, 0.15) is 21.5 Å². The quantitative estimate of drug-likeness (QED) is 0.536. The molecule has 3 rings (SSSR count). The monoisotopic (exact) mass is 307 g/mol. The third-order valence-electron chi connectivity index (χ3n) is 3.34. The van der Waals surface area contributed by atoms with Crippen LogP contribution < -0.4 is 5.32 Å². The number of para-hydroxylation sites is 1. The van der Waals surface area contributed by atoms with E-state index in [-0.39, 0.29) is 11.6 Å². The number of rotatable bonds is 3. The Kier molecular flexibility index (Phi) is 3.97. The van der Waals surface area contributed by atoms with Gasteiger partial charge in [0.15, 0.2) is 5.71 Å². The van der Waals surface area contributed by atoms with Gasteiger partial charge in [-0.25, -0.2) is 4.79 Å². The molecule has 0 aromatic heterocycles. The van der Waals surface area contributed by atoms with Gasteiger partial charge in [0.25, 0.3) is 5.91 Å². The molecule has 2 aromatic rings. The van der Waals surface area contributed by atoms with Crippen molar-refractivity contribution in [1.29, 1.82) is 0 Å². The zero-order valence-corrected chi connectivity index (χ0v) is 12.3. The number of hydrogen-bond acceptors (Lipinski definition) is 5. The number of ether oxygens (including phenoxy) is 1. The molecule has 114 valence electrons. The Hall–Kier alpha value is -3.28. The topological polar surface area (TPSA) is 80.1 Å². The van der Waals surface area contributed by atoms with Crippen molar-refractivity contribution in [2.24, 2.45) is 10.2 Å². The van der Waals surface area contributed by atoms with E-state index in [1.54, 1.807) is 24.3 Å². The highest BCUT2D eigenvalue weighted by Crippen LogP contribution is 2.22. The Morgan fingerprint density at radius 1 is 1.13 bits per heavy atom. The molecule has 6 heteroatoms. The SMILES string of the molecule is COC(=O)c1ccc(C=NN=C2C(=O)Nc3ccccc32)cc1. The lowest BCUT2D eigenvalue weighted by atomic mass is 10.1. The first-order chi connectivity index (χ1) is 11.2. The van der Waals surface area contributed by atoms with Crippen molar-refractivity contribution in [1.82, 2.24) is 0 Å². The summed E-state index contributed by atoms with van der Waals surface area (Å²) >= 11 is 0. The first-order valence-corrected chi connectivity index (χ1v) is 6.89. The lowest BCUT2D eigenvalue weighted by molar-refractivity contribution is -0.110. The van der Waals surface area contributed by atoms with E-state index in [1.165, 1.54) is 13.3 Å². The molecule has 6 nitrogen and oxygen atoms in total. The Morgan fingerprint density at radius 3 is 2.61 bits per heavy atom. The van der Waals surface area contributed by atoms with E-state index in [0.717, 1.165) is 16.8 Å². The molecule has 0 spiro atoms. The largest absolute Gasteiger partial charge is 0.465 e. The summed E-state index contributed by atoms with van der Waals surface area (Å²) in [7, 11) is 1.33. The molecule has 0 aliphatic carbocycles. The summed E-state index contributed by atoms with van der Waals surface area (Å²) in [6.45, 7) is 0. The van der Waals surface area contributed by atoms with Gasteiger partial charge >= 0.3 is 5.97 Å². The number of benzene rings is 2. The van der Waals surface area contributed by atoms with E-state index in [4.69, 9.17) is 0 Å². The van der Waals surface area contributed by atoms with E-state index in [0.29, 0.717) is 5.56 Å². The minimum absolute atomic E-state index is 0.274. The first kappa shape index (κ1) is 14.6. The van der Waals surface area contributed by atoms with Crippen molar-refractivity contribution < 1.29 is 14.3 Å². The molecule has 1 aliphatic rings. The van der Waals surface area contributed by atoms with Crippen LogP contribution in [0.4, 0.5) is 5.69 Å². The van der Waals surface area contributed by atoms with E-state index in [9.17, 15) is 9.59 Å². The average molecular weight is 307 g/mol. The third kappa shape index (κ3) is 3.01. The van der Waals surface area contributed by atoms with Crippen LogP contribution in [0.5, 0.6) is 0 Å². The van der Waals surface area contributed by atoms with E-state index in [1.807, 2.05) is 24.3 Å². The number of methoxy groups -OCH3 is 1. The highest BCUT2D eigenvalue weighted by molar-refractivity contribution is 6.53. The number of nitrogens with zero attached hydrogens (tertiary/aromatic N) is 2. The molecular formula is C17H13N3O3. The zero-order chi connectivity index (χ0) is 16.2. The van der Waals surface area contributed by atoms with Crippen LogP contribution in [0.25, 0.3) is 0 Å². The fraction of sp³-hybridized carbons (Fsp3) is 0.0588. The Balaban J connectivity index is 1.79. The standard InChI is InChI=1S/C17H13N3O3/c1-23-17(22)12-8-6-11(7-9-12)10-18-20-15-13-4-2-3-5-14(13)19-16(15)21/h2-10H,1H3,(H,19,20,21). The molecule has 0 atom stereocenters. The van der Waals surface area contributed by atoms with Crippen LogP contribution in [0.15, 0.2) is 58.7 Å². The van der Waals surface area contributed by atoms with E-state index >= 15 is 0 Å². The average Bonchev–Trinajstić information content (AvgIpc) is 2.90. The van der Waals surface area contributed by atoms with Crippen LogP contribution in [0, 0.1) is 0 Å². The van der Waals surface area contributed by atoms with Gasteiger partial charge in [-0.05, 0) is 23.8 Å². The number of hydrogen-bond donors (Lipinski definition) is 1. The van der Waals surface area contributed by atoms with Crippen molar-refractivity contribution in [2.75, 3.05) is 12.4 Å². The second kappa shape index (κ2) is 6.23. The van der Waals surface area contributed by atoms with Gasteiger partial charge in [0, 0.05) is 5.56 Å². The molecule has 1 heterocycles. The predicted octanol–water partition coefficient (Wildman–Crippen LogP) is 2.25. The number of esters is 1. The van der Waals surface area contributed by atoms with Crippen molar-refractivity contribution in [3.8, 4) is 0 Å². The van der Waals surface area contributed by atoms with Crippen molar-refractivity contribution in [2.45, 2.75) is 0 Å². The summed E-state index contributed by atoms with van der Waals surface area (Å²) in [5.41, 5.74) is 2.96. The zero-order valence-electron chi connectivity index (χ0n) is 12.3. The van der Waals surface area contributed by atoms with Gasteiger partial charge in [-0.1, -0.05) is 30.3 Å². The predicted molar refractivity (Wildman–Crippen MR) is 87.0 cm³/mol. The maximum Gasteiger partial charge on any atom is 0.337 e. The van der Waals surface area contributed by atoms with Crippen molar-refractivity contribution in [3.05, 3.63) is 65.2 Å². The molecule has 1 N–H and O–H groups in total. The van der Waals surface area contributed by atoms with Gasteiger partial charge in [0.05, 0.1) is 24.6 Å². The van der Waals surface area contributed by atoms with Gasteiger partial charge in [-0.2, -0.15) is 5.10 Å². The van der Waals surface area contributed by atoms with Crippen LogP contribution in [0.3, 0.4) is 0 Å². The Morgan fingerprint density at radius 2 is 1.87 bits per heavy atom. The second-order valence-corrected chi connectivity index (χ2v) is 4.81. The van der Waals surface area contributed by atoms with Crippen LogP contribution in [0.2, 0.25) is 0 Å². The molecule has 0 bridgehead atoms. The molecule has 0 unspecified atom stereocenters. The smallest absolute Gasteiger partial charge is 0.337 e. The number of anilines is 1. The number of carbonyl (C=O) groups is 2. The highest BCUT2D eigenvalue weighted by atomic mass is 16.5. The summed E-state index contributed by atoms with van der Waals surface area (Å²) < 4.78 is 4.63. The highest BCUT2D eigenvalue weighted by Gasteiger charge is 2.25. The molecular weight excluding hydrogens is 294 g/mol. The van der Waals surface area contributed by atoms with Crippen LogP contribution in [-0.2, 0) is 9.53 Å². The molecule has 2 aromatic carbocycles. The van der Waals surface area contributed by atoms with Crippen LogP contribution >= 0.6 is 0 Å². The Labute approximate surface area is 132 Å². The maximum atomic E-state index is 11.9. The lowest BCUT2D eigenvalue weighted by Crippen LogP contribution is -2.13. The number of amides is 1. The molecule has 0 saturated heterocycles. The summed E-state index contributed by atoms with van der Waals surface area (Å²) in [6, 6.07) is 14.0. The minimum Gasteiger partial charge on any atom is -0.465 e. The molecule has 0 radical (unpaired) electrons. The summed E-state index contributed by atoms with van der Waals surface area (Å²) in [4.78, 5) is 23.2. The third-order valence-corrected chi connectivity index (χ3v) is 3.34. The first-order valence-electron chi connectivity index (χ1n) is 6.89. The fourth-order valence-corrected chi connectivity index (χ4v) is 2.18.